The molecule has 0 saturated carbocycles. The lowest BCUT2D eigenvalue weighted by molar-refractivity contribution is -0.144. The highest BCUT2D eigenvalue weighted by molar-refractivity contribution is 8.00. The molecule has 0 aromatic heterocycles. The molecule has 1 rings (SSSR count). The standard InChI is InChI=1S/C15H21NO3S/c1-10-5-7-11(8-6-10)20-9-12(17)16-13(14(18)19)15(2,3)4/h5-8,13H,9H2,1-4H3,(H,16,17)(H,18,19). The Labute approximate surface area is 124 Å². The highest BCUT2D eigenvalue weighted by Crippen LogP contribution is 2.21. The first-order valence-corrected chi connectivity index (χ1v) is 7.40. The second-order valence-corrected chi connectivity index (χ2v) is 6.86. The Balaban J connectivity index is 2.54. The van der Waals surface area contributed by atoms with Crippen molar-refractivity contribution in [3.05, 3.63) is 29.8 Å². The Kier molecular flexibility index (Phi) is 5.62. The van der Waals surface area contributed by atoms with E-state index >= 15 is 0 Å². The van der Waals surface area contributed by atoms with Gasteiger partial charge in [-0.15, -0.1) is 11.8 Å². The Morgan fingerprint density at radius 3 is 2.25 bits per heavy atom. The number of rotatable bonds is 5. The lowest BCUT2D eigenvalue weighted by Gasteiger charge is -2.27. The zero-order valence-corrected chi connectivity index (χ0v) is 13.1. The summed E-state index contributed by atoms with van der Waals surface area (Å²) in [6.45, 7) is 7.37. The number of hydrogen-bond donors (Lipinski definition) is 2. The Hall–Kier alpha value is -1.49. The number of hydrogen-bond acceptors (Lipinski definition) is 3. The van der Waals surface area contributed by atoms with Crippen LogP contribution in [0.5, 0.6) is 0 Å². The van der Waals surface area contributed by atoms with Crippen molar-refractivity contribution < 1.29 is 14.7 Å². The number of nitrogens with one attached hydrogen (secondary N) is 1. The molecule has 0 saturated heterocycles. The molecule has 0 aliphatic heterocycles. The Morgan fingerprint density at radius 2 is 1.80 bits per heavy atom. The molecule has 0 bridgehead atoms. The number of thioether (sulfide) groups is 1. The number of aryl methyl sites for hydroxylation is 1. The third-order valence-corrected chi connectivity index (χ3v) is 3.82. The van der Waals surface area contributed by atoms with Crippen molar-refractivity contribution in [3.63, 3.8) is 0 Å². The smallest absolute Gasteiger partial charge is 0.326 e. The molecule has 110 valence electrons. The van der Waals surface area contributed by atoms with E-state index in [4.69, 9.17) is 5.11 Å². The first-order valence-electron chi connectivity index (χ1n) is 6.42. The van der Waals surface area contributed by atoms with Crippen molar-refractivity contribution in [3.8, 4) is 0 Å². The van der Waals surface area contributed by atoms with Gasteiger partial charge in [-0.25, -0.2) is 4.79 Å². The average Bonchev–Trinajstić information content (AvgIpc) is 2.33. The number of benzene rings is 1. The molecule has 0 radical (unpaired) electrons. The minimum atomic E-state index is -1.01. The lowest BCUT2D eigenvalue weighted by atomic mass is 9.87. The van der Waals surface area contributed by atoms with Crippen LogP contribution in [0, 0.1) is 12.3 Å². The maximum absolute atomic E-state index is 11.8. The van der Waals surface area contributed by atoms with Crippen LogP contribution in [0.15, 0.2) is 29.2 Å². The van der Waals surface area contributed by atoms with Gasteiger partial charge in [0.2, 0.25) is 5.91 Å². The van der Waals surface area contributed by atoms with E-state index < -0.39 is 17.4 Å². The SMILES string of the molecule is Cc1ccc(SCC(=O)NC(C(=O)O)C(C)(C)C)cc1. The van der Waals surface area contributed by atoms with Gasteiger partial charge in [0, 0.05) is 4.90 Å². The first-order chi connectivity index (χ1) is 9.20. The number of aliphatic carboxylic acids is 1. The summed E-state index contributed by atoms with van der Waals surface area (Å²) in [5.41, 5.74) is 0.646. The van der Waals surface area contributed by atoms with Gasteiger partial charge < -0.3 is 10.4 Å². The molecule has 0 fully saturated rings. The second kappa shape index (κ2) is 6.79. The van der Waals surface area contributed by atoms with Crippen LogP contribution in [0.2, 0.25) is 0 Å². The van der Waals surface area contributed by atoms with Crippen LogP contribution in [0.25, 0.3) is 0 Å². The third-order valence-electron chi connectivity index (χ3n) is 2.81. The van der Waals surface area contributed by atoms with Crippen molar-refractivity contribution in [1.29, 1.82) is 0 Å². The van der Waals surface area contributed by atoms with E-state index in [-0.39, 0.29) is 11.7 Å². The monoisotopic (exact) mass is 295 g/mol. The Bertz CT molecular complexity index is 477. The van der Waals surface area contributed by atoms with Gasteiger partial charge in [-0.2, -0.15) is 0 Å². The van der Waals surface area contributed by atoms with Crippen LogP contribution >= 0.6 is 11.8 Å². The summed E-state index contributed by atoms with van der Waals surface area (Å²) < 4.78 is 0. The molecule has 0 aliphatic rings. The molecule has 1 aromatic carbocycles. The van der Waals surface area contributed by atoms with Gasteiger partial charge >= 0.3 is 5.97 Å². The minimum Gasteiger partial charge on any atom is -0.480 e. The van der Waals surface area contributed by atoms with Gasteiger partial charge in [0.25, 0.3) is 0 Å². The van der Waals surface area contributed by atoms with Crippen molar-refractivity contribution in [2.75, 3.05) is 5.75 Å². The number of carbonyl (C=O) groups excluding carboxylic acids is 1. The predicted molar refractivity (Wildman–Crippen MR) is 80.9 cm³/mol. The summed E-state index contributed by atoms with van der Waals surface area (Å²) in [6, 6.07) is 6.98. The van der Waals surface area contributed by atoms with Gasteiger partial charge in [-0.1, -0.05) is 38.5 Å². The van der Waals surface area contributed by atoms with Gasteiger partial charge in [-0.3, -0.25) is 4.79 Å². The van der Waals surface area contributed by atoms with Crippen LogP contribution in [0.1, 0.15) is 26.3 Å². The molecule has 0 heterocycles. The normalized spacial score (nSPS) is 12.8. The molecule has 1 unspecified atom stereocenters. The Morgan fingerprint density at radius 1 is 1.25 bits per heavy atom. The lowest BCUT2D eigenvalue weighted by Crippen LogP contribution is -2.49. The van der Waals surface area contributed by atoms with Crippen LogP contribution in [0.4, 0.5) is 0 Å². The highest BCUT2D eigenvalue weighted by Gasteiger charge is 2.32. The highest BCUT2D eigenvalue weighted by atomic mass is 32.2. The maximum atomic E-state index is 11.8. The van der Waals surface area contributed by atoms with Gasteiger partial charge in [0.05, 0.1) is 5.75 Å². The molecule has 1 aromatic rings. The molecule has 5 heteroatoms. The van der Waals surface area contributed by atoms with Gasteiger partial charge in [0.1, 0.15) is 6.04 Å². The van der Waals surface area contributed by atoms with Crippen LogP contribution in [0.3, 0.4) is 0 Å². The van der Waals surface area contributed by atoms with E-state index in [0.717, 1.165) is 10.5 Å². The zero-order chi connectivity index (χ0) is 15.3. The molecular weight excluding hydrogens is 274 g/mol. The average molecular weight is 295 g/mol. The summed E-state index contributed by atoms with van der Waals surface area (Å²) in [6.07, 6.45) is 0. The summed E-state index contributed by atoms with van der Waals surface area (Å²) in [4.78, 5) is 24.0. The van der Waals surface area contributed by atoms with E-state index in [1.54, 1.807) is 20.8 Å². The zero-order valence-electron chi connectivity index (χ0n) is 12.3. The van der Waals surface area contributed by atoms with Crippen molar-refractivity contribution >= 4 is 23.6 Å². The fourth-order valence-electron chi connectivity index (χ4n) is 1.63. The molecule has 4 nitrogen and oxygen atoms in total. The van der Waals surface area contributed by atoms with Crippen LogP contribution < -0.4 is 5.32 Å². The molecule has 20 heavy (non-hydrogen) atoms. The van der Waals surface area contributed by atoms with Crippen LogP contribution in [-0.4, -0.2) is 28.8 Å². The van der Waals surface area contributed by atoms with E-state index in [1.807, 2.05) is 31.2 Å². The topological polar surface area (TPSA) is 66.4 Å². The summed E-state index contributed by atoms with van der Waals surface area (Å²) >= 11 is 1.40. The second-order valence-electron chi connectivity index (χ2n) is 5.81. The minimum absolute atomic E-state index is 0.211. The van der Waals surface area contributed by atoms with E-state index in [1.165, 1.54) is 11.8 Å². The fraction of sp³-hybridized carbons (Fsp3) is 0.467. The third kappa shape index (κ3) is 5.25. The summed E-state index contributed by atoms with van der Waals surface area (Å²) in [5.74, 6) is -1.06. The number of carboxylic acids is 1. The van der Waals surface area contributed by atoms with E-state index in [0.29, 0.717) is 0 Å². The van der Waals surface area contributed by atoms with E-state index in [2.05, 4.69) is 5.32 Å². The number of carbonyl (C=O) groups is 2. The van der Waals surface area contributed by atoms with E-state index in [9.17, 15) is 9.59 Å². The molecule has 0 aliphatic carbocycles. The van der Waals surface area contributed by atoms with Crippen molar-refractivity contribution in [2.24, 2.45) is 5.41 Å². The number of carboxylic acid groups (broad SMARTS) is 1. The molecular formula is C15H21NO3S. The van der Waals surface area contributed by atoms with Gasteiger partial charge in [0.15, 0.2) is 0 Å². The maximum Gasteiger partial charge on any atom is 0.326 e. The first kappa shape index (κ1) is 16.6. The summed E-state index contributed by atoms with van der Waals surface area (Å²) in [5, 5.41) is 11.7. The molecule has 1 amide bonds. The number of amides is 1. The quantitative estimate of drug-likeness (QED) is 0.820. The fourth-order valence-corrected chi connectivity index (χ4v) is 2.34. The van der Waals surface area contributed by atoms with Crippen LogP contribution in [-0.2, 0) is 9.59 Å². The van der Waals surface area contributed by atoms with Crippen molar-refractivity contribution in [1.82, 2.24) is 5.32 Å². The molecule has 0 spiro atoms. The summed E-state index contributed by atoms with van der Waals surface area (Å²) in [7, 11) is 0. The molecule has 2 N–H and O–H groups in total. The largest absolute Gasteiger partial charge is 0.480 e. The predicted octanol–water partition coefficient (Wildman–Crippen LogP) is 2.70. The van der Waals surface area contributed by atoms with Gasteiger partial charge in [-0.05, 0) is 24.5 Å². The molecule has 1 atom stereocenters. The van der Waals surface area contributed by atoms with Crippen molar-refractivity contribution in [2.45, 2.75) is 38.6 Å².